The van der Waals surface area contributed by atoms with Crippen molar-refractivity contribution in [3.63, 3.8) is 0 Å². The SMILES string of the molecule is CCOC(=O)C1=C(C(F)(F)F)NC(=O)C(C(N)=O)C1c1ccc(C)cc1. The molecule has 0 spiro atoms. The van der Waals surface area contributed by atoms with Gasteiger partial charge in [-0.15, -0.1) is 0 Å². The van der Waals surface area contributed by atoms with Crippen molar-refractivity contribution < 1.29 is 32.3 Å². The minimum absolute atomic E-state index is 0.177. The first-order valence-corrected chi connectivity index (χ1v) is 7.73. The maximum Gasteiger partial charge on any atom is 0.431 e. The van der Waals surface area contributed by atoms with E-state index in [1.54, 1.807) is 24.4 Å². The number of carbonyl (C=O) groups is 3. The standard InChI is InChI=1S/C17H17F3N2O4/c1-3-26-16(25)11-10(9-6-4-8(2)5-7-9)12(14(21)23)15(24)22-13(11)17(18,19)20/h4-7,10,12H,3H2,1-2H3,(H2,21,23)(H,22,24). The highest BCUT2D eigenvalue weighted by Gasteiger charge is 2.51. The summed E-state index contributed by atoms with van der Waals surface area (Å²) in [5, 5.41) is 1.60. The topological polar surface area (TPSA) is 98.5 Å². The van der Waals surface area contributed by atoms with E-state index >= 15 is 0 Å². The summed E-state index contributed by atoms with van der Waals surface area (Å²) in [5.74, 6) is -6.81. The smallest absolute Gasteiger partial charge is 0.431 e. The molecular weight excluding hydrogens is 353 g/mol. The molecule has 26 heavy (non-hydrogen) atoms. The van der Waals surface area contributed by atoms with Gasteiger partial charge in [0.05, 0.1) is 12.2 Å². The van der Waals surface area contributed by atoms with E-state index in [-0.39, 0.29) is 12.2 Å². The summed E-state index contributed by atoms with van der Waals surface area (Å²) in [6, 6.07) is 6.08. The van der Waals surface area contributed by atoms with Crippen molar-refractivity contribution in [1.29, 1.82) is 0 Å². The fourth-order valence-corrected chi connectivity index (χ4v) is 2.83. The average Bonchev–Trinajstić information content (AvgIpc) is 2.53. The molecule has 0 saturated heterocycles. The summed E-state index contributed by atoms with van der Waals surface area (Å²) in [6.07, 6.45) is -5.02. The maximum absolute atomic E-state index is 13.5. The molecule has 0 fully saturated rings. The average molecular weight is 370 g/mol. The highest BCUT2D eigenvalue weighted by Crippen LogP contribution is 2.42. The number of alkyl halides is 3. The van der Waals surface area contributed by atoms with E-state index in [0.717, 1.165) is 5.56 Å². The van der Waals surface area contributed by atoms with Crippen molar-refractivity contribution >= 4 is 17.8 Å². The Labute approximate surface area is 147 Å². The first-order chi connectivity index (χ1) is 12.1. The van der Waals surface area contributed by atoms with E-state index in [0.29, 0.717) is 0 Å². The molecule has 1 aromatic carbocycles. The van der Waals surface area contributed by atoms with E-state index < -0.39 is 47.1 Å². The summed E-state index contributed by atoms with van der Waals surface area (Å²) in [4.78, 5) is 36.3. The quantitative estimate of drug-likeness (QED) is 0.622. The maximum atomic E-state index is 13.5. The van der Waals surface area contributed by atoms with Gasteiger partial charge in [-0.2, -0.15) is 13.2 Å². The number of hydrogen-bond acceptors (Lipinski definition) is 4. The predicted octanol–water partition coefficient (Wildman–Crippen LogP) is 1.69. The van der Waals surface area contributed by atoms with Crippen molar-refractivity contribution in [2.75, 3.05) is 6.61 Å². The summed E-state index contributed by atoms with van der Waals surface area (Å²) in [6.45, 7) is 3.01. The number of hydrogen-bond donors (Lipinski definition) is 2. The molecule has 2 amide bonds. The van der Waals surface area contributed by atoms with Crippen molar-refractivity contribution in [2.45, 2.75) is 25.9 Å². The van der Waals surface area contributed by atoms with Crippen LogP contribution in [-0.2, 0) is 19.1 Å². The normalized spacial score (nSPS) is 20.6. The van der Waals surface area contributed by atoms with Crippen LogP contribution in [0.25, 0.3) is 0 Å². The Bertz CT molecular complexity index is 769. The third kappa shape index (κ3) is 3.71. The Morgan fingerprint density at radius 1 is 1.23 bits per heavy atom. The number of nitrogens with one attached hydrogen (secondary N) is 1. The van der Waals surface area contributed by atoms with Gasteiger partial charge in [0.15, 0.2) is 0 Å². The number of amides is 2. The summed E-state index contributed by atoms with van der Waals surface area (Å²) < 4.78 is 45.1. The fourth-order valence-electron chi connectivity index (χ4n) is 2.83. The van der Waals surface area contributed by atoms with Gasteiger partial charge in [-0.05, 0) is 19.4 Å². The van der Waals surface area contributed by atoms with Crippen LogP contribution in [0, 0.1) is 12.8 Å². The number of halogens is 3. The van der Waals surface area contributed by atoms with Crippen LogP contribution in [0.1, 0.15) is 24.0 Å². The highest BCUT2D eigenvalue weighted by molar-refractivity contribution is 6.06. The molecule has 0 aliphatic carbocycles. The second kappa shape index (κ2) is 7.19. The zero-order valence-corrected chi connectivity index (χ0v) is 14.0. The third-order valence-corrected chi connectivity index (χ3v) is 3.97. The van der Waals surface area contributed by atoms with Gasteiger partial charge in [0.1, 0.15) is 11.6 Å². The van der Waals surface area contributed by atoms with E-state index in [4.69, 9.17) is 10.5 Å². The Balaban J connectivity index is 2.77. The first-order valence-electron chi connectivity index (χ1n) is 7.73. The Hall–Kier alpha value is -2.84. The zero-order chi connectivity index (χ0) is 19.6. The van der Waals surface area contributed by atoms with E-state index in [1.807, 2.05) is 0 Å². The van der Waals surface area contributed by atoms with Crippen molar-refractivity contribution in [1.82, 2.24) is 5.32 Å². The van der Waals surface area contributed by atoms with Crippen LogP contribution in [0.4, 0.5) is 13.2 Å². The van der Waals surface area contributed by atoms with Gasteiger partial charge in [0.2, 0.25) is 11.8 Å². The number of primary amides is 1. The number of benzene rings is 1. The molecule has 2 atom stereocenters. The number of esters is 1. The van der Waals surface area contributed by atoms with Crippen LogP contribution in [0.2, 0.25) is 0 Å². The lowest BCUT2D eigenvalue weighted by molar-refractivity contribution is -0.144. The molecule has 1 aliphatic rings. The number of aryl methyl sites for hydroxylation is 1. The van der Waals surface area contributed by atoms with E-state index in [1.165, 1.54) is 19.1 Å². The minimum Gasteiger partial charge on any atom is -0.463 e. The molecule has 140 valence electrons. The van der Waals surface area contributed by atoms with Crippen molar-refractivity contribution in [2.24, 2.45) is 11.7 Å². The molecule has 2 rings (SSSR count). The lowest BCUT2D eigenvalue weighted by Crippen LogP contribution is -2.50. The van der Waals surface area contributed by atoms with Gasteiger partial charge in [0.25, 0.3) is 0 Å². The van der Waals surface area contributed by atoms with Crippen molar-refractivity contribution in [3.8, 4) is 0 Å². The summed E-state index contributed by atoms with van der Waals surface area (Å²) in [7, 11) is 0. The van der Waals surface area contributed by atoms with Gasteiger partial charge in [-0.25, -0.2) is 4.79 Å². The number of ether oxygens (including phenoxy) is 1. The number of allylic oxidation sites excluding steroid dienone is 1. The van der Waals surface area contributed by atoms with Crippen LogP contribution in [0.5, 0.6) is 0 Å². The second-order valence-corrected chi connectivity index (χ2v) is 5.76. The molecule has 0 saturated carbocycles. The zero-order valence-electron chi connectivity index (χ0n) is 14.0. The Kier molecular flexibility index (Phi) is 5.38. The minimum atomic E-state index is -5.02. The fraction of sp³-hybridized carbons (Fsp3) is 0.353. The monoisotopic (exact) mass is 370 g/mol. The molecule has 9 heteroatoms. The second-order valence-electron chi connectivity index (χ2n) is 5.76. The summed E-state index contributed by atoms with van der Waals surface area (Å²) in [5.41, 5.74) is 3.86. The van der Waals surface area contributed by atoms with Gasteiger partial charge >= 0.3 is 12.1 Å². The molecule has 6 nitrogen and oxygen atoms in total. The Morgan fingerprint density at radius 2 is 1.81 bits per heavy atom. The molecular formula is C17H17F3N2O4. The van der Waals surface area contributed by atoms with Crippen molar-refractivity contribution in [3.05, 3.63) is 46.7 Å². The van der Waals surface area contributed by atoms with Crippen LogP contribution >= 0.6 is 0 Å². The van der Waals surface area contributed by atoms with Crippen LogP contribution < -0.4 is 11.1 Å². The largest absolute Gasteiger partial charge is 0.463 e. The van der Waals surface area contributed by atoms with Gasteiger partial charge in [0, 0.05) is 5.92 Å². The molecule has 1 aliphatic heterocycles. The van der Waals surface area contributed by atoms with E-state index in [2.05, 4.69) is 0 Å². The molecule has 0 aromatic heterocycles. The lowest BCUT2D eigenvalue weighted by atomic mass is 9.76. The lowest BCUT2D eigenvalue weighted by Gasteiger charge is -2.33. The van der Waals surface area contributed by atoms with Crippen LogP contribution in [0.15, 0.2) is 35.5 Å². The molecule has 3 N–H and O–H groups in total. The third-order valence-electron chi connectivity index (χ3n) is 3.97. The predicted molar refractivity (Wildman–Crippen MR) is 84.5 cm³/mol. The number of nitrogens with two attached hydrogens (primary N) is 1. The van der Waals surface area contributed by atoms with Gasteiger partial charge in [-0.1, -0.05) is 29.8 Å². The molecule has 1 aromatic rings. The van der Waals surface area contributed by atoms with Gasteiger partial charge < -0.3 is 15.8 Å². The van der Waals surface area contributed by atoms with Crippen LogP contribution in [0.3, 0.4) is 0 Å². The Morgan fingerprint density at radius 3 is 2.27 bits per heavy atom. The molecule has 0 bridgehead atoms. The molecule has 0 radical (unpaired) electrons. The molecule has 2 unspecified atom stereocenters. The molecule has 1 heterocycles. The van der Waals surface area contributed by atoms with E-state index in [9.17, 15) is 27.6 Å². The highest BCUT2D eigenvalue weighted by atomic mass is 19.4. The first kappa shape index (κ1) is 19.5. The number of rotatable bonds is 4. The number of carbonyl (C=O) groups excluding carboxylic acids is 3. The summed E-state index contributed by atoms with van der Waals surface area (Å²) >= 11 is 0. The van der Waals surface area contributed by atoms with Gasteiger partial charge in [-0.3, -0.25) is 9.59 Å². The van der Waals surface area contributed by atoms with Crippen LogP contribution in [-0.4, -0.2) is 30.6 Å².